The molecule has 1 aliphatic rings. The van der Waals surface area contributed by atoms with Crippen molar-refractivity contribution in [2.45, 2.75) is 32.7 Å². The molecular formula is C17H24N4. The minimum atomic E-state index is 0.917. The number of nitrogens with zero attached hydrogens (tertiary/aromatic N) is 3. The Labute approximate surface area is 126 Å². The number of anilines is 2. The molecule has 0 amide bonds. The van der Waals surface area contributed by atoms with Crippen LogP contribution in [0, 0.1) is 6.92 Å². The number of aryl methyl sites for hydroxylation is 1. The molecule has 0 aliphatic carbocycles. The number of benzene rings is 1. The molecule has 2 heterocycles. The number of piperidine rings is 1. The Morgan fingerprint density at radius 2 is 1.86 bits per heavy atom. The van der Waals surface area contributed by atoms with Crippen molar-refractivity contribution in [1.82, 2.24) is 9.55 Å². The van der Waals surface area contributed by atoms with Gasteiger partial charge in [-0.1, -0.05) is 0 Å². The zero-order valence-corrected chi connectivity index (χ0v) is 12.8. The van der Waals surface area contributed by atoms with Crippen molar-refractivity contribution in [2.75, 3.05) is 29.9 Å². The monoisotopic (exact) mass is 284 g/mol. The molecule has 0 bridgehead atoms. The molecule has 0 radical (unpaired) electrons. The lowest BCUT2D eigenvalue weighted by Crippen LogP contribution is -2.29. The molecule has 1 N–H and O–H groups in total. The summed E-state index contributed by atoms with van der Waals surface area (Å²) in [7, 11) is 0. The summed E-state index contributed by atoms with van der Waals surface area (Å²) in [6.07, 6.45) is 7.90. The molecule has 2 aromatic rings. The Morgan fingerprint density at radius 3 is 2.52 bits per heavy atom. The van der Waals surface area contributed by atoms with E-state index in [-0.39, 0.29) is 0 Å². The lowest BCUT2D eigenvalue weighted by atomic mass is 10.1. The fraction of sp³-hybridized carbons (Fsp3) is 0.471. The second-order valence-electron chi connectivity index (χ2n) is 5.69. The van der Waals surface area contributed by atoms with Gasteiger partial charge in [-0.15, -0.1) is 0 Å². The Balaban J connectivity index is 1.51. The topological polar surface area (TPSA) is 33.1 Å². The summed E-state index contributed by atoms with van der Waals surface area (Å²) in [5.41, 5.74) is 2.54. The van der Waals surface area contributed by atoms with E-state index in [1.54, 1.807) is 0 Å². The van der Waals surface area contributed by atoms with E-state index in [4.69, 9.17) is 0 Å². The highest BCUT2D eigenvalue weighted by Gasteiger charge is 2.10. The maximum Gasteiger partial charge on any atom is 0.105 e. The predicted molar refractivity (Wildman–Crippen MR) is 88.0 cm³/mol. The largest absolute Gasteiger partial charge is 0.383 e. The molecule has 3 rings (SSSR count). The third kappa shape index (κ3) is 3.57. The van der Waals surface area contributed by atoms with Crippen molar-refractivity contribution in [1.29, 1.82) is 0 Å². The number of nitrogens with one attached hydrogen (secondary N) is 1. The second-order valence-corrected chi connectivity index (χ2v) is 5.69. The predicted octanol–water partition coefficient (Wildman–Crippen LogP) is 3.29. The van der Waals surface area contributed by atoms with E-state index in [2.05, 4.69) is 44.0 Å². The molecule has 4 heteroatoms. The summed E-state index contributed by atoms with van der Waals surface area (Å²) in [4.78, 5) is 6.72. The van der Waals surface area contributed by atoms with E-state index < -0.39 is 0 Å². The quantitative estimate of drug-likeness (QED) is 0.914. The van der Waals surface area contributed by atoms with Crippen LogP contribution in [0.15, 0.2) is 36.7 Å². The van der Waals surface area contributed by atoms with Crippen LogP contribution in [0.4, 0.5) is 11.4 Å². The van der Waals surface area contributed by atoms with E-state index in [0.29, 0.717) is 0 Å². The Morgan fingerprint density at radius 1 is 1.10 bits per heavy atom. The first-order valence-corrected chi connectivity index (χ1v) is 7.89. The first-order chi connectivity index (χ1) is 10.3. The maximum absolute atomic E-state index is 4.24. The van der Waals surface area contributed by atoms with Gasteiger partial charge in [-0.3, -0.25) is 0 Å². The molecule has 4 nitrogen and oxygen atoms in total. The zero-order chi connectivity index (χ0) is 14.5. The minimum Gasteiger partial charge on any atom is -0.383 e. The summed E-state index contributed by atoms with van der Waals surface area (Å²) in [5.74, 6) is 1.07. The summed E-state index contributed by atoms with van der Waals surface area (Å²) in [5, 5.41) is 3.47. The smallest absolute Gasteiger partial charge is 0.105 e. The van der Waals surface area contributed by atoms with Gasteiger partial charge in [0.2, 0.25) is 0 Å². The number of imidazole rings is 1. The van der Waals surface area contributed by atoms with Gasteiger partial charge in [0.15, 0.2) is 0 Å². The SMILES string of the molecule is Cc1nccn1CCNc1ccc(N2CCCCC2)cc1. The van der Waals surface area contributed by atoms with E-state index in [0.717, 1.165) is 18.9 Å². The van der Waals surface area contributed by atoms with Crippen LogP contribution in [0.2, 0.25) is 0 Å². The van der Waals surface area contributed by atoms with E-state index in [9.17, 15) is 0 Å². The molecule has 0 atom stereocenters. The van der Waals surface area contributed by atoms with Gasteiger partial charge in [0.25, 0.3) is 0 Å². The van der Waals surface area contributed by atoms with Gasteiger partial charge in [0, 0.05) is 49.9 Å². The van der Waals surface area contributed by atoms with Gasteiger partial charge < -0.3 is 14.8 Å². The van der Waals surface area contributed by atoms with Crippen molar-refractivity contribution in [3.8, 4) is 0 Å². The minimum absolute atomic E-state index is 0.917. The normalized spacial score (nSPS) is 15.2. The molecule has 1 aromatic carbocycles. The van der Waals surface area contributed by atoms with Crippen LogP contribution in [-0.2, 0) is 6.54 Å². The van der Waals surface area contributed by atoms with Crippen molar-refractivity contribution >= 4 is 11.4 Å². The zero-order valence-electron chi connectivity index (χ0n) is 12.8. The van der Waals surface area contributed by atoms with Crippen LogP contribution >= 0.6 is 0 Å². The fourth-order valence-corrected chi connectivity index (χ4v) is 2.90. The van der Waals surface area contributed by atoms with Crippen molar-refractivity contribution in [3.63, 3.8) is 0 Å². The molecule has 1 fully saturated rings. The van der Waals surface area contributed by atoms with Gasteiger partial charge in [0.1, 0.15) is 5.82 Å². The molecule has 1 saturated heterocycles. The van der Waals surface area contributed by atoms with Crippen molar-refractivity contribution in [2.24, 2.45) is 0 Å². The van der Waals surface area contributed by atoms with Crippen molar-refractivity contribution in [3.05, 3.63) is 42.5 Å². The van der Waals surface area contributed by atoms with Crippen molar-refractivity contribution < 1.29 is 0 Å². The highest BCUT2D eigenvalue weighted by Crippen LogP contribution is 2.21. The third-order valence-corrected chi connectivity index (χ3v) is 4.19. The Hall–Kier alpha value is -1.97. The summed E-state index contributed by atoms with van der Waals surface area (Å²) >= 11 is 0. The Kier molecular flexibility index (Phi) is 4.43. The van der Waals surface area contributed by atoms with Crippen LogP contribution in [0.25, 0.3) is 0 Å². The summed E-state index contributed by atoms with van der Waals surface area (Å²) < 4.78 is 2.16. The second kappa shape index (κ2) is 6.66. The maximum atomic E-state index is 4.24. The lowest BCUT2D eigenvalue weighted by molar-refractivity contribution is 0.578. The molecule has 1 aromatic heterocycles. The van der Waals surface area contributed by atoms with E-state index in [1.807, 2.05) is 19.3 Å². The third-order valence-electron chi connectivity index (χ3n) is 4.19. The molecule has 21 heavy (non-hydrogen) atoms. The van der Waals surface area contributed by atoms with E-state index in [1.165, 1.54) is 43.7 Å². The Bertz CT molecular complexity index is 552. The molecular weight excluding hydrogens is 260 g/mol. The van der Waals surface area contributed by atoms with Gasteiger partial charge in [-0.05, 0) is 50.5 Å². The van der Waals surface area contributed by atoms with Gasteiger partial charge in [0.05, 0.1) is 0 Å². The van der Waals surface area contributed by atoms with Gasteiger partial charge in [-0.2, -0.15) is 0 Å². The summed E-state index contributed by atoms with van der Waals surface area (Å²) in [6, 6.07) is 8.83. The van der Waals surface area contributed by atoms with Gasteiger partial charge >= 0.3 is 0 Å². The van der Waals surface area contributed by atoms with Crippen LogP contribution < -0.4 is 10.2 Å². The number of rotatable bonds is 5. The number of hydrogen-bond donors (Lipinski definition) is 1. The lowest BCUT2D eigenvalue weighted by Gasteiger charge is -2.28. The number of aromatic nitrogens is 2. The van der Waals surface area contributed by atoms with Crippen LogP contribution in [0.5, 0.6) is 0 Å². The highest BCUT2D eigenvalue weighted by atomic mass is 15.1. The summed E-state index contributed by atoms with van der Waals surface area (Å²) in [6.45, 7) is 6.30. The molecule has 0 saturated carbocycles. The fourth-order valence-electron chi connectivity index (χ4n) is 2.90. The van der Waals surface area contributed by atoms with E-state index >= 15 is 0 Å². The molecule has 0 unspecified atom stereocenters. The van der Waals surface area contributed by atoms with Crippen LogP contribution in [-0.4, -0.2) is 29.2 Å². The molecule has 0 spiro atoms. The average Bonchev–Trinajstić information content (AvgIpc) is 2.94. The molecule has 1 aliphatic heterocycles. The molecule has 112 valence electrons. The number of hydrogen-bond acceptors (Lipinski definition) is 3. The van der Waals surface area contributed by atoms with Crippen LogP contribution in [0.3, 0.4) is 0 Å². The standard InChI is InChI=1S/C17H24N4/c1-15-18-9-13-20(15)14-10-19-16-5-7-17(8-6-16)21-11-3-2-4-12-21/h5-9,13,19H,2-4,10-12,14H2,1H3. The first-order valence-electron chi connectivity index (χ1n) is 7.89. The first kappa shape index (κ1) is 14.0. The van der Waals surface area contributed by atoms with Crippen LogP contribution in [0.1, 0.15) is 25.1 Å². The average molecular weight is 284 g/mol. The highest BCUT2D eigenvalue weighted by molar-refractivity contribution is 5.55. The van der Waals surface area contributed by atoms with Gasteiger partial charge in [-0.25, -0.2) is 4.98 Å².